The maximum Gasteiger partial charge on any atom is 0.318 e. The van der Waals surface area contributed by atoms with Gasteiger partial charge in [-0.1, -0.05) is 37.3 Å². The van der Waals surface area contributed by atoms with Crippen LogP contribution >= 0.6 is 11.3 Å². The predicted molar refractivity (Wildman–Crippen MR) is 102 cm³/mol. The van der Waals surface area contributed by atoms with Crippen LogP contribution in [0.3, 0.4) is 0 Å². The van der Waals surface area contributed by atoms with Crippen LogP contribution in [0.2, 0.25) is 0 Å². The van der Waals surface area contributed by atoms with Gasteiger partial charge < -0.3 is 15.0 Å². The number of thiazole rings is 1. The van der Waals surface area contributed by atoms with Crippen molar-refractivity contribution in [1.29, 1.82) is 0 Å². The van der Waals surface area contributed by atoms with Gasteiger partial charge >= 0.3 is 6.03 Å². The maximum atomic E-state index is 12.8. The summed E-state index contributed by atoms with van der Waals surface area (Å²) in [6, 6.07) is 10.5. The fourth-order valence-electron chi connectivity index (χ4n) is 4.15. The normalized spacial score (nSPS) is 21.4. The van der Waals surface area contributed by atoms with Gasteiger partial charge in [0.1, 0.15) is 5.01 Å². The summed E-state index contributed by atoms with van der Waals surface area (Å²) in [5.41, 5.74) is 1.38. The van der Waals surface area contributed by atoms with Crippen molar-refractivity contribution in [2.24, 2.45) is 5.41 Å². The molecule has 2 aromatic rings. The monoisotopic (exact) mass is 371 g/mol. The van der Waals surface area contributed by atoms with Crippen LogP contribution in [0.1, 0.15) is 41.3 Å². The van der Waals surface area contributed by atoms with Crippen LogP contribution in [0.5, 0.6) is 0 Å². The molecule has 2 saturated heterocycles. The Labute approximate surface area is 158 Å². The second-order valence-electron chi connectivity index (χ2n) is 7.15. The first-order chi connectivity index (χ1) is 12.7. The number of carbonyl (C=O) groups is 1. The first-order valence-corrected chi connectivity index (χ1v) is 10.1. The van der Waals surface area contributed by atoms with Crippen molar-refractivity contribution in [3.05, 3.63) is 52.0 Å². The third kappa shape index (κ3) is 3.23. The first-order valence-electron chi connectivity index (χ1n) is 9.32. The molecule has 0 saturated carbocycles. The van der Waals surface area contributed by atoms with Gasteiger partial charge in [0.15, 0.2) is 0 Å². The third-order valence-corrected chi connectivity index (χ3v) is 6.72. The van der Waals surface area contributed by atoms with Gasteiger partial charge in [-0.2, -0.15) is 0 Å². The fourth-order valence-corrected chi connectivity index (χ4v) is 4.95. The number of benzene rings is 1. The predicted octanol–water partition coefficient (Wildman–Crippen LogP) is 3.77. The van der Waals surface area contributed by atoms with Crippen LogP contribution in [0, 0.1) is 5.41 Å². The molecule has 2 fully saturated rings. The van der Waals surface area contributed by atoms with E-state index in [2.05, 4.69) is 41.5 Å². The van der Waals surface area contributed by atoms with Gasteiger partial charge in [-0.05, 0) is 24.8 Å². The van der Waals surface area contributed by atoms with Crippen molar-refractivity contribution in [1.82, 2.24) is 15.2 Å². The van der Waals surface area contributed by atoms with Gasteiger partial charge in [-0.3, -0.25) is 0 Å². The SMILES string of the molecule is CCc1cnc(CNC(=O)N2CC3(CCOCC3)C2c2ccccc2)s1. The second kappa shape index (κ2) is 7.37. The van der Waals surface area contributed by atoms with Crippen LogP contribution in [-0.2, 0) is 17.7 Å². The second-order valence-corrected chi connectivity index (χ2v) is 8.35. The molecular weight excluding hydrogens is 346 g/mol. The minimum absolute atomic E-state index is 0.00391. The van der Waals surface area contributed by atoms with Gasteiger partial charge in [0.25, 0.3) is 0 Å². The van der Waals surface area contributed by atoms with Crippen LogP contribution in [0.25, 0.3) is 0 Å². The largest absolute Gasteiger partial charge is 0.381 e. The Morgan fingerprint density at radius 3 is 2.81 bits per heavy atom. The highest BCUT2D eigenvalue weighted by Crippen LogP contribution is 2.54. The van der Waals surface area contributed by atoms with E-state index in [9.17, 15) is 4.79 Å². The molecule has 1 spiro atoms. The van der Waals surface area contributed by atoms with Crippen molar-refractivity contribution in [3.63, 3.8) is 0 Å². The van der Waals surface area contributed by atoms with E-state index in [-0.39, 0.29) is 17.5 Å². The van der Waals surface area contributed by atoms with Gasteiger partial charge in [0.05, 0.1) is 12.6 Å². The molecular formula is C20H25N3O2S. The van der Waals surface area contributed by atoms with Gasteiger partial charge in [-0.15, -0.1) is 11.3 Å². The van der Waals surface area contributed by atoms with E-state index in [1.54, 1.807) is 11.3 Å². The van der Waals surface area contributed by atoms with Crippen LogP contribution in [0.4, 0.5) is 4.79 Å². The summed E-state index contributed by atoms with van der Waals surface area (Å²) in [4.78, 5) is 20.5. The summed E-state index contributed by atoms with van der Waals surface area (Å²) in [6.07, 6.45) is 4.92. The number of amides is 2. The third-order valence-electron chi connectivity index (χ3n) is 5.58. The number of rotatable bonds is 4. The van der Waals surface area contributed by atoms with E-state index < -0.39 is 0 Å². The molecule has 1 aromatic carbocycles. The average Bonchev–Trinajstić information content (AvgIpc) is 3.14. The number of aryl methyl sites for hydroxylation is 1. The number of carbonyl (C=O) groups excluding carboxylic acids is 1. The Kier molecular flexibility index (Phi) is 4.96. The van der Waals surface area contributed by atoms with E-state index in [0.717, 1.165) is 44.0 Å². The van der Waals surface area contributed by atoms with Crippen LogP contribution < -0.4 is 5.32 Å². The number of hydrogen-bond donors (Lipinski definition) is 1. The van der Waals surface area contributed by atoms with E-state index in [1.807, 2.05) is 17.2 Å². The Bertz CT molecular complexity index is 755. The minimum Gasteiger partial charge on any atom is -0.381 e. The number of nitrogens with zero attached hydrogens (tertiary/aromatic N) is 2. The lowest BCUT2D eigenvalue weighted by Gasteiger charge is -2.59. The van der Waals surface area contributed by atoms with E-state index in [4.69, 9.17) is 4.74 Å². The Morgan fingerprint density at radius 2 is 2.12 bits per heavy atom. The summed E-state index contributed by atoms with van der Waals surface area (Å²) in [6.45, 7) is 5.00. The number of likely N-dealkylation sites (tertiary alicyclic amines) is 1. The standard InChI is InChI=1S/C20H25N3O2S/c1-2-16-12-21-17(26-16)13-22-19(24)23-14-20(8-10-25-11-9-20)18(23)15-6-4-3-5-7-15/h3-7,12,18H,2,8-11,13-14H2,1H3,(H,22,24). The molecule has 4 rings (SSSR count). The quantitative estimate of drug-likeness (QED) is 0.890. The highest BCUT2D eigenvalue weighted by atomic mass is 32.1. The number of ether oxygens (including phenoxy) is 1. The maximum absolute atomic E-state index is 12.8. The molecule has 1 N–H and O–H groups in total. The number of urea groups is 1. The number of nitrogens with one attached hydrogen (secondary N) is 1. The average molecular weight is 372 g/mol. The molecule has 1 atom stereocenters. The number of aromatic nitrogens is 1. The molecule has 26 heavy (non-hydrogen) atoms. The lowest BCUT2D eigenvalue weighted by molar-refractivity contribution is -0.111. The molecule has 2 aliphatic rings. The smallest absolute Gasteiger partial charge is 0.318 e. The lowest BCUT2D eigenvalue weighted by atomic mass is 9.64. The molecule has 2 aliphatic heterocycles. The highest BCUT2D eigenvalue weighted by molar-refractivity contribution is 7.11. The number of hydrogen-bond acceptors (Lipinski definition) is 4. The zero-order valence-electron chi connectivity index (χ0n) is 15.1. The van der Waals surface area contributed by atoms with Crippen molar-refractivity contribution in [2.75, 3.05) is 19.8 Å². The minimum atomic E-state index is 0.00391. The topological polar surface area (TPSA) is 54.5 Å². The summed E-state index contributed by atoms with van der Waals surface area (Å²) >= 11 is 1.67. The Balaban J connectivity index is 1.47. The molecule has 138 valence electrons. The molecule has 0 radical (unpaired) electrons. The molecule has 0 bridgehead atoms. The molecule has 0 aliphatic carbocycles. The van der Waals surface area contributed by atoms with E-state index in [0.29, 0.717) is 6.54 Å². The Morgan fingerprint density at radius 1 is 1.35 bits per heavy atom. The highest BCUT2D eigenvalue weighted by Gasteiger charge is 2.55. The summed E-state index contributed by atoms with van der Waals surface area (Å²) in [5, 5.41) is 4.03. The molecule has 1 aromatic heterocycles. The van der Waals surface area contributed by atoms with Crippen molar-refractivity contribution in [3.8, 4) is 0 Å². The first kappa shape index (κ1) is 17.5. The summed E-state index contributed by atoms with van der Waals surface area (Å²) in [5.74, 6) is 0. The van der Waals surface area contributed by atoms with Crippen molar-refractivity contribution < 1.29 is 9.53 Å². The molecule has 2 amide bonds. The van der Waals surface area contributed by atoms with Gasteiger partial charge in [0, 0.05) is 36.2 Å². The fraction of sp³-hybridized carbons (Fsp3) is 0.500. The molecule has 5 nitrogen and oxygen atoms in total. The zero-order chi connectivity index (χ0) is 18.0. The van der Waals surface area contributed by atoms with E-state index in [1.165, 1.54) is 10.4 Å². The van der Waals surface area contributed by atoms with Crippen molar-refractivity contribution >= 4 is 17.4 Å². The van der Waals surface area contributed by atoms with Crippen molar-refractivity contribution in [2.45, 2.75) is 38.8 Å². The molecule has 3 heterocycles. The van der Waals surface area contributed by atoms with E-state index >= 15 is 0 Å². The van der Waals surface area contributed by atoms with Gasteiger partial charge in [0.2, 0.25) is 0 Å². The zero-order valence-corrected chi connectivity index (χ0v) is 15.9. The summed E-state index contributed by atoms with van der Waals surface area (Å²) < 4.78 is 5.57. The van der Waals surface area contributed by atoms with Gasteiger partial charge in [-0.25, -0.2) is 9.78 Å². The van der Waals surface area contributed by atoms with Crippen LogP contribution in [-0.4, -0.2) is 35.7 Å². The molecule has 1 unspecified atom stereocenters. The Hall–Kier alpha value is -1.92. The van der Waals surface area contributed by atoms with Crippen LogP contribution in [0.15, 0.2) is 36.5 Å². The molecule has 6 heteroatoms. The lowest BCUT2D eigenvalue weighted by Crippen LogP contribution is -2.64. The summed E-state index contributed by atoms with van der Waals surface area (Å²) in [7, 11) is 0.